The van der Waals surface area contributed by atoms with E-state index < -0.39 is 0 Å². The second kappa shape index (κ2) is 7.07. The summed E-state index contributed by atoms with van der Waals surface area (Å²) in [5, 5.41) is 3.19. The van der Waals surface area contributed by atoms with Gasteiger partial charge in [-0.1, -0.05) is 0 Å². The van der Waals surface area contributed by atoms with Crippen molar-refractivity contribution in [2.45, 2.75) is 12.5 Å². The van der Waals surface area contributed by atoms with Crippen molar-refractivity contribution in [2.75, 3.05) is 50.8 Å². The molecule has 0 spiro atoms. The van der Waals surface area contributed by atoms with E-state index in [-0.39, 0.29) is 17.8 Å². The molecule has 1 amide bonds. The molecule has 0 saturated carbocycles. The maximum Gasteiger partial charge on any atom is 0.253 e. The Hall–Kier alpha value is -1.66. The fourth-order valence-corrected chi connectivity index (χ4v) is 2.98. The van der Waals surface area contributed by atoms with Gasteiger partial charge in [0.1, 0.15) is 11.9 Å². The van der Waals surface area contributed by atoms with E-state index in [1.807, 2.05) is 4.90 Å². The Morgan fingerprint density at radius 2 is 2.00 bits per heavy atom. The van der Waals surface area contributed by atoms with Crippen LogP contribution in [-0.2, 0) is 9.53 Å². The average Bonchev–Trinajstić information content (AvgIpc) is 2.82. The van der Waals surface area contributed by atoms with Crippen LogP contribution >= 0.6 is 0 Å². The van der Waals surface area contributed by atoms with Crippen LogP contribution in [0.5, 0.6) is 0 Å². The van der Waals surface area contributed by atoms with Crippen LogP contribution < -0.4 is 10.2 Å². The average molecular weight is 307 g/mol. The van der Waals surface area contributed by atoms with E-state index in [4.69, 9.17) is 4.74 Å². The van der Waals surface area contributed by atoms with E-state index in [0.717, 1.165) is 38.3 Å². The standard InChI is InChI=1S/C16H22FN3O2/c17-13-2-4-14(5-3-13)19-7-1-8-20(10-9-19)16(21)15-12-18-6-11-22-15/h2-5,15,18H,1,6-12H2. The number of morpholine rings is 1. The molecular formula is C16H22FN3O2. The molecule has 2 fully saturated rings. The minimum absolute atomic E-state index is 0.0770. The number of nitrogens with one attached hydrogen (secondary N) is 1. The van der Waals surface area contributed by atoms with Gasteiger partial charge in [-0.3, -0.25) is 4.79 Å². The maximum atomic E-state index is 13.0. The van der Waals surface area contributed by atoms with Gasteiger partial charge in [0.05, 0.1) is 6.61 Å². The number of hydrogen-bond acceptors (Lipinski definition) is 4. The number of ether oxygens (including phenoxy) is 1. The predicted octanol–water partition coefficient (Wildman–Crippen LogP) is 0.853. The molecule has 0 bridgehead atoms. The molecule has 2 heterocycles. The van der Waals surface area contributed by atoms with Gasteiger partial charge in [0.25, 0.3) is 5.91 Å². The molecule has 0 radical (unpaired) electrons. The van der Waals surface area contributed by atoms with Gasteiger partial charge in [-0.2, -0.15) is 0 Å². The fraction of sp³-hybridized carbons (Fsp3) is 0.562. The van der Waals surface area contributed by atoms with Crippen molar-refractivity contribution < 1.29 is 13.9 Å². The molecule has 5 nitrogen and oxygen atoms in total. The number of anilines is 1. The first kappa shape index (κ1) is 15.2. The molecule has 3 rings (SSSR count). The van der Waals surface area contributed by atoms with Crippen molar-refractivity contribution in [1.29, 1.82) is 0 Å². The highest BCUT2D eigenvalue weighted by Crippen LogP contribution is 2.17. The normalized spacial score (nSPS) is 23.2. The predicted molar refractivity (Wildman–Crippen MR) is 82.4 cm³/mol. The molecule has 1 aromatic rings. The van der Waals surface area contributed by atoms with Gasteiger partial charge in [-0.05, 0) is 30.7 Å². The van der Waals surface area contributed by atoms with Crippen molar-refractivity contribution in [3.63, 3.8) is 0 Å². The second-order valence-corrected chi connectivity index (χ2v) is 5.71. The Morgan fingerprint density at radius 1 is 1.18 bits per heavy atom. The van der Waals surface area contributed by atoms with Gasteiger partial charge < -0.3 is 19.9 Å². The highest BCUT2D eigenvalue weighted by molar-refractivity contribution is 5.81. The van der Waals surface area contributed by atoms with E-state index in [1.165, 1.54) is 12.1 Å². The van der Waals surface area contributed by atoms with Gasteiger partial charge in [-0.15, -0.1) is 0 Å². The van der Waals surface area contributed by atoms with E-state index in [2.05, 4.69) is 10.2 Å². The van der Waals surface area contributed by atoms with Gasteiger partial charge in [0.2, 0.25) is 0 Å². The maximum absolute atomic E-state index is 13.0. The summed E-state index contributed by atoms with van der Waals surface area (Å²) in [7, 11) is 0. The van der Waals surface area contributed by atoms with E-state index in [0.29, 0.717) is 19.7 Å². The van der Waals surface area contributed by atoms with Gasteiger partial charge in [0.15, 0.2) is 0 Å². The third kappa shape index (κ3) is 3.56. The van der Waals surface area contributed by atoms with Gasteiger partial charge in [0, 0.05) is 45.0 Å². The molecule has 2 aliphatic heterocycles. The highest BCUT2D eigenvalue weighted by Gasteiger charge is 2.28. The smallest absolute Gasteiger partial charge is 0.253 e. The molecule has 0 aliphatic carbocycles. The lowest BCUT2D eigenvalue weighted by Crippen LogP contribution is -2.50. The first-order valence-corrected chi connectivity index (χ1v) is 7.86. The topological polar surface area (TPSA) is 44.8 Å². The molecule has 2 aliphatic rings. The van der Waals surface area contributed by atoms with Crippen LogP contribution in [0.25, 0.3) is 0 Å². The molecule has 2 saturated heterocycles. The van der Waals surface area contributed by atoms with E-state index in [9.17, 15) is 9.18 Å². The number of amides is 1. The molecule has 1 aromatic carbocycles. The van der Waals surface area contributed by atoms with Crippen LogP contribution in [0.3, 0.4) is 0 Å². The van der Waals surface area contributed by atoms with Crippen LogP contribution in [0.1, 0.15) is 6.42 Å². The third-order valence-corrected chi connectivity index (χ3v) is 4.20. The Labute approximate surface area is 130 Å². The van der Waals surface area contributed by atoms with Gasteiger partial charge in [-0.25, -0.2) is 4.39 Å². The van der Waals surface area contributed by atoms with Crippen molar-refractivity contribution in [3.05, 3.63) is 30.1 Å². The quantitative estimate of drug-likeness (QED) is 0.880. The minimum Gasteiger partial charge on any atom is -0.370 e. The zero-order chi connectivity index (χ0) is 15.4. The Balaban J connectivity index is 1.59. The van der Waals surface area contributed by atoms with Crippen LogP contribution in [0.4, 0.5) is 10.1 Å². The largest absolute Gasteiger partial charge is 0.370 e. The Morgan fingerprint density at radius 3 is 2.73 bits per heavy atom. The number of halogens is 1. The van der Waals surface area contributed by atoms with Crippen LogP contribution in [-0.4, -0.2) is 62.8 Å². The van der Waals surface area contributed by atoms with Crippen LogP contribution in [0, 0.1) is 5.82 Å². The third-order valence-electron chi connectivity index (χ3n) is 4.20. The molecule has 0 aromatic heterocycles. The van der Waals surface area contributed by atoms with Gasteiger partial charge >= 0.3 is 0 Å². The lowest BCUT2D eigenvalue weighted by Gasteiger charge is -2.29. The summed E-state index contributed by atoms with van der Waals surface area (Å²) in [5.74, 6) is -0.148. The summed E-state index contributed by atoms with van der Waals surface area (Å²) in [5.41, 5.74) is 1.01. The Bertz CT molecular complexity index is 503. The lowest BCUT2D eigenvalue weighted by molar-refractivity contribution is -0.144. The zero-order valence-electron chi connectivity index (χ0n) is 12.6. The van der Waals surface area contributed by atoms with Crippen molar-refractivity contribution >= 4 is 11.6 Å². The minimum atomic E-state index is -0.355. The molecule has 120 valence electrons. The summed E-state index contributed by atoms with van der Waals surface area (Å²) in [6.07, 6.45) is 0.551. The SMILES string of the molecule is O=C(C1CNCCO1)N1CCCN(c2ccc(F)cc2)CC1. The number of carbonyl (C=O) groups is 1. The van der Waals surface area contributed by atoms with E-state index in [1.54, 1.807) is 12.1 Å². The van der Waals surface area contributed by atoms with Crippen LogP contribution in [0.15, 0.2) is 24.3 Å². The summed E-state index contributed by atoms with van der Waals surface area (Å²) in [6, 6.07) is 6.54. The second-order valence-electron chi connectivity index (χ2n) is 5.71. The fourth-order valence-electron chi connectivity index (χ4n) is 2.98. The highest BCUT2D eigenvalue weighted by atomic mass is 19.1. The van der Waals surface area contributed by atoms with Crippen molar-refractivity contribution in [1.82, 2.24) is 10.2 Å². The first-order valence-electron chi connectivity index (χ1n) is 7.86. The van der Waals surface area contributed by atoms with Crippen LogP contribution in [0.2, 0.25) is 0 Å². The van der Waals surface area contributed by atoms with E-state index >= 15 is 0 Å². The molecule has 1 N–H and O–H groups in total. The monoisotopic (exact) mass is 307 g/mol. The number of nitrogens with zero attached hydrogens (tertiary/aromatic N) is 2. The summed E-state index contributed by atoms with van der Waals surface area (Å²) in [4.78, 5) is 16.6. The summed E-state index contributed by atoms with van der Waals surface area (Å²) >= 11 is 0. The number of carbonyl (C=O) groups excluding carboxylic acids is 1. The van der Waals surface area contributed by atoms with Crippen molar-refractivity contribution in [3.8, 4) is 0 Å². The number of benzene rings is 1. The lowest BCUT2D eigenvalue weighted by atomic mass is 10.2. The number of hydrogen-bond donors (Lipinski definition) is 1. The molecule has 22 heavy (non-hydrogen) atoms. The Kier molecular flexibility index (Phi) is 4.90. The molecular weight excluding hydrogens is 285 g/mol. The summed E-state index contributed by atoms with van der Waals surface area (Å²) < 4.78 is 18.6. The zero-order valence-corrected chi connectivity index (χ0v) is 12.6. The molecule has 1 unspecified atom stereocenters. The number of rotatable bonds is 2. The molecule has 6 heteroatoms. The first-order chi connectivity index (χ1) is 10.7. The van der Waals surface area contributed by atoms with Crippen molar-refractivity contribution in [2.24, 2.45) is 0 Å². The molecule has 1 atom stereocenters. The summed E-state index contributed by atoms with van der Waals surface area (Å²) in [6.45, 7) is 5.05.